The van der Waals surface area contributed by atoms with Gasteiger partial charge < -0.3 is 5.32 Å². The maximum atomic E-state index is 3.66. The lowest BCUT2D eigenvalue weighted by Gasteiger charge is -2.46. The van der Waals surface area contributed by atoms with Crippen LogP contribution in [0.15, 0.2) is 0 Å². The van der Waals surface area contributed by atoms with E-state index in [1.165, 1.54) is 45.3 Å². The number of nitrogens with one attached hydrogen (secondary N) is 1. The summed E-state index contributed by atoms with van der Waals surface area (Å²) in [7, 11) is 0. The van der Waals surface area contributed by atoms with Gasteiger partial charge in [0.2, 0.25) is 0 Å². The first-order valence-electron chi connectivity index (χ1n) is 8.03. The van der Waals surface area contributed by atoms with Crippen LogP contribution in [0.2, 0.25) is 0 Å². The average Bonchev–Trinajstić information content (AvgIpc) is 2.65. The van der Waals surface area contributed by atoms with Crippen molar-refractivity contribution in [3.8, 4) is 0 Å². The largest absolute Gasteiger partial charge is 0.313 e. The van der Waals surface area contributed by atoms with Crippen molar-refractivity contribution < 1.29 is 0 Å². The average molecular weight is 252 g/mol. The molecule has 18 heavy (non-hydrogen) atoms. The van der Waals surface area contributed by atoms with Gasteiger partial charge in [-0.25, -0.2) is 0 Å². The van der Waals surface area contributed by atoms with Crippen LogP contribution < -0.4 is 5.32 Å². The Morgan fingerprint density at radius 3 is 2.39 bits per heavy atom. The topological polar surface area (TPSA) is 15.3 Å². The predicted octanol–water partition coefficient (Wildman–Crippen LogP) is 3.13. The third-order valence-corrected chi connectivity index (χ3v) is 4.83. The number of nitrogens with zero attached hydrogens (tertiary/aromatic N) is 1. The minimum Gasteiger partial charge on any atom is -0.313 e. The lowest BCUT2D eigenvalue weighted by atomic mass is 9.72. The van der Waals surface area contributed by atoms with Crippen molar-refractivity contribution in [2.24, 2.45) is 17.8 Å². The summed E-state index contributed by atoms with van der Waals surface area (Å²) >= 11 is 0. The Bertz CT molecular complexity index is 237. The van der Waals surface area contributed by atoms with Crippen LogP contribution in [0, 0.1) is 17.8 Å². The second-order valence-electron chi connectivity index (χ2n) is 7.27. The van der Waals surface area contributed by atoms with E-state index in [4.69, 9.17) is 0 Å². The summed E-state index contributed by atoms with van der Waals surface area (Å²) in [5.41, 5.74) is 0. The highest BCUT2D eigenvalue weighted by molar-refractivity contribution is 4.91. The van der Waals surface area contributed by atoms with Crippen molar-refractivity contribution in [3.63, 3.8) is 0 Å². The van der Waals surface area contributed by atoms with Crippen molar-refractivity contribution in [2.45, 2.75) is 65.5 Å². The molecule has 0 aromatic heterocycles. The van der Waals surface area contributed by atoms with E-state index in [0.717, 1.165) is 29.8 Å². The first kappa shape index (κ1) is 14.3. The Hall–Kier alpha value is -0.0800. The minimum absolute atomic E-state index is 0.766. The molecule has 1 heterocycles. The fourth-order valence-electron chi connectivity index (χ4n) is 3.51. The minimum atomic E-state index is 0.766. The van der Waals surface area contributed by atoms with Gasteiger partial charge in [-0.15, -0.1) is 0 Å². The lowest BCUT2D eigenvalue weighted by molar-refractivity contribution is 0.0420. The summed E-state index contributed by atoms with van der Waals surface area (Å²) in [6.45, 7) is 13.3. The third kappa shape index (κ3) is 3.71. The SMILES string of the molecule is CC(C)CN(CC1CCCN1)C1CC(C(C)C)C1. The fourth-order valence-corrected chi connectivity index (χ4v) is 3.51. The van der Waals surface area contributed by atoms with E-state index in [2.05, 4.69) is 37.9 Å². The standard InChI is InChI=1S/C16H32N2/c1-12(2)10-18(11-15-6-5-7-17-15)16-8-14(9-16)13(3)4/h12-17H,5-11H2,1-4H3. The molecule has 1 aliphatic carbocycles. The summed E-state index contributed by atoms with van der Waals surface area (Å²) in [6, 6.07) is 1.64. The van der Waals surface area contributed by atoms with Crippen molar-refractivity contribution in [2.75, 3.05) is 19.6 Å². The molecular formula is C16H32N2. The molecule has 2 heteroatoms. The molecule has 0 aromatic carbocycles. The summed E-state index contributed by atoms with van der Waals surface area (Å²) in [4.78, 5) is 2.78. The van der Waals surface area contributed by atoms with E-state index in [1.54, 1.807) is 0 Å². The van der Waals surface area contributed by atoms with Gasteiger partial charge in [0.05, 0.1) is 0 Å². The van der Waals surface area contributed by atoms with Gasteiger partial charge in [-0.05, 0) is 50.0 Å². The normalized spacial score (nSPS) is 32.5. The van der Waals surface area contributed by atoms with Crippen LogP contribution in [-0.2, 0) is 0 Å². The van der Waals surface area contributed by atoms with Gasteiger partial charge in [0.1, 0.15) is 0 Å². The summed E-state index contributed by atoms with van der Waals surface area (Å²) in [5.74, 6) is 2.66. The molecule has 1 saturated carbocycles. The van der Waals surface area contributed by atoms with Crippen LogP contribution in [0.4, 0.5) is 0 Å². The molecule has 2 fully saturated rings. The Kier molecular flexibility index (Phi) is 5.08. The monoisotopic (exact) mass is 252 g/mol. The fraction of sp³-hybridized carbons (Fsp3) is 1.00. The molecule has 1 saturated heterocycles. The molecule has 0 amide bonds. The van der Waals surface area contributed by atoms with Crippen LogP contribution >= 0.6 is 0 Å². The van der Waals surface area contributed by atoms with E-state index in [-0.39, 0.29) is 0 Å². The predicted molar refractivity (Wildman–Crippen MR) is 78.8 cm³/mol. The van der Waals surface area contributed by atoms with E-state index in [9.17, 15) is 0 Å². The molecule has 2 rings (SSSR count). The first-order chi connectivity index (χ1) is 8.56. The summed E-state index contributed by atoms with van der Waals surface area (Å²) in [6.07, 6.45) is 5.64. The lowest BCUT2D eigenvalue weighted by Crippen LogP contribution is -2.51. The first-order valence-corrected chi connectivity index (χ1v) is 8.03. The Balaban J connectivity index is 1.81. The van der Waals surface area contributed by atoms with E-state index < -0.39 is 0 Å². The second kappa shape index (κ2) is 6.38. The highest BCUT2D eigenvalue weighted by atomic mass is 15.2. The van der Waals surface area contributed by atoms with Crippen LogP contribution in [-0.4, -0.2) is 36.6 Å². The van der Waals surface area contributed by atoms with E-state index >= 15 is 0 Å². The van der Waals surface area contributed by atoms with Crippen molar-refractivity contribution in [1.82, 2.24) is 10.2 Å². The van der Waals surface area contributed by atoms with Gasteiger partial charge in [-0.2, -0.15) is 0 Å². The molecule has 0 spiro atoms. The van der Waals surface area contributed by atoms with Gasteiger partial charge in [0.25, 0.3) is 0 Å². The van der Waals surface area contributed by atoms with Gasteiger partial charge in [0.15, 0.2) is 0 Å². The number of hydrogen-bond acceptors (Lipinski definition) is 2. The molecule has 1 unspecified atom stereocenters. The van der Waals surface area contributed by atoms with Gasteiger partial charge in [-0.3, -0.25) is 4.90 Å². The Morgan fingerprint density at radius 1 is 1.17 bits per heavy atom. The molecule has 1 aliphatic heterocycles. The Labute approximate surface area is 114 Å². The maximum absolute atomic E-state index is 3.66. The van der Waals surface area contributed by atoms with Gasteiger partial charge in [-0.1, -0.05) is 27.7 Å². The third-order valence-electron chi connectivity index (χ3n) is 4.83. The molecule has 1 N–H and O–H groups in total. The quantitative estimate of drug-likeness (QED) is 0.781. The van der Waals surface area contributed by atoms with Gasteiger partial charge in [0, 0.05) is 25.2 Å². The number of rotatable bonds is 6. The molecule has 0 bridgehead atoms. The zero-order valence-corrected chi connectivity index (χ0v) is 12.8. The zero-order valence-electron chi connectivity index (χ0n) is 12.8. The highest BCUT2D eigenvalue weighted by Crippen LogP contribution is 2.37. The second-order valence-corrected chi connectivity index (χ2v) is 7.27. The smallest absolute Gasteiger partial charge is 0.0195 e. The van der Waals surface area contributed by atoms with Crippen LogP contribution in [0.5, 0.6) is 0 Å². The summed E-state index contributed by atoms with van der Waals surface area (Å²) < 4.78 is 0. The molecule has 0 aromatic rings. The van der Waals surface area contributed by atoms with Crippen LogP contribution in [0.3, 0.4) is 0 Å². The zero-order chi connectivity index (χ0) is 13.1. The van der Waals surface area contributed by atoms with Crippen molar-refractivity contribution in [3.05, 3.63) is 0 Å². The molecule has 2 nitrogen and oxygen atoms in total. The highest BCUT2D eigenvalue weighted by Gasteiger charge is 2.36. The van der Waals surface area contributed by atoms with Crippen LogP contribution in [0.25, 0.3) is 0 Å². The molecule has 2 aliphatic rings. The van der Waals surface area contributed by atoms with Crippen LogP contribution in [0.1, 0.15) is 53.4 Å². The summed E-state index contributed by atoms with van der Waals surface area (Å²) in [5, 5.41) is 3.66. The molecule has 1 atom stereocenters. The Morgan fingerprint density at radius 2 is 1.89 bits per heavy atom. The van der Waals surface area contributed by atoms with Crippen molar-refractivity contribution >= 4 is 0 Å². The van der Waals surface area contributed by atoms with Gasteiger partial charge >= 0.3 is 0 Å². The van der Waals surface area contributed by atoms with E-state index in [1.807, 2.05) is 0 Å². The molecule has 0 radical (unpaired) electrons. The number of hydrogen-bond donors (Lipinski definition) is 1. The molecule has 106 valence electrons. The van der Waals surface area contributed by atoms with E-state index in [0.29, 0.717) is 0 Å². The maximum Gasteiger partial charge on any atom is 0.0195 e. The van der Waals surface area contributed by atoms with Crippen molar-refractivity contribution in [1.29, 1.82) is 0 Å². The molecular weight excluding hydrogens is 220 g/mol.